The topological polar surface area (TPSA) is 73.9 Å². The molecule has 0 aliphatic rings. The van der Waals surface area contributed by atoms with Gasteiger partial charge in [0.1, 0.15) is 22.1 Å². The van der Waals surface area contributed by atoms with E-state index < -0.39 is 5.97 Å². The van der Waals surface area contributed by atoms with Crippen LogP contribution in [0.4, 0.5) is 5.00 Å². The molecule has 0 unspecified atom stereocenters. The Morgan fingerprint density at radius 1 is 1.00 bits per heavy atom. The van der Waals surface area contributed by atoms with E-state index in [0.29, 0.717) is 22.9 Å². The summed E-state index contributed by atoms with van der Waals surface area (Å²) in [5.41, 5.74) is 3.94. The van der Waals surface area contributed by atoms with Gasteiger partial charge in [0.15, 0.2) is 6.61 Å². The number of esters is 1. The highest BCUT2D eigenvalue weighted by atomic mass is 32.1. The number of ether oxygens (including phenoxy) is 3. The monoisotopic (exact) mass is 495 g/mol. The van der Waals surface area contributed by atoms with Crippen molar-refractivity contribution in [2.75, 3.05) is 25.6 Å². The molecule has 0 radical (unpaired) electrons. The molecule has 35 heavy (non-hydrogen) atoms. The van der Waals surface area contributed by atoms with Crippen molar-refractivity contribution >= 4 is 28.2 Å². The van der Waals surface area contributed by atoms with Crippen LogP contribution in [-0.4, -0.2) is 32.2 Å². The third-order valence-electron chi connectivity index (χ3n) is 5.48. The van der Waals surface area contributed by atoms with Crippen LogP contribution in [0.5, 0.6) is 11.5 Å². The van der Waals surface area contributed by atoms with Gasteiger partial charge in [0.05, 0.1) is 13.7 Å². The van der Waals surface area contributed by atoms with Gasteiger partial charge < -0.3 is 19.5 Å². The normalized spacial score (nSPS) is 11.2. The van der Waals surface area contributed by atoms with Crippen molar-refractivity contribution in [2.45, 2.75) is 47.0 Å². The van der Waals surface area contributed by atoms with Crippen LogP contribution in [0.2, 0.25) is 0 Å². The highest BCUT2D eigenvalue weighted by molar-refractivity contribution is 7.17. The lowest BCUT2D eigenvalue weighted by Gasteiger charge is -2.23. The number of anilines is 1. The maximum atomic E-state index is 12.9. The van der Waals surface area contributed by atoms with Gasteiger partial charge in [-0.15, -0.1) is 11.3 Å². The van der Waals surface area contributed by atoms with Gasteiger partial charge in [0.2, 0.25) is 0 Å². The van der Waals surface area contributed by atoms with Gasteiger partial charge in [0.25, 0.3) is 5.91 Å². The molecule has 3 rings (SSSR count). The van der Waals surface area contributed by atoms with Gasteiger partial charge >= 0.3 is 5.97 Å². The minimum absolute atomic E-state index is 0.132. The third kappa shape index (κ3) is 6.22. The zero-order chi connectivity index (χ0) is 25.8. The molecule has 2 aromatic carbocycles. The van der Waals surface area contributed by atoms with Crippen LogP contribution in [0.3, 0.4) is 0 Å². The molecule has 0 aliphatic carbocycles. The van der Waals surface area contributed by atoms with E-state index in [2.05, 4.69) is 32.2 Å². The second kappa shape index (κ2) is 11.0. The molecular formula is C28H33NO5S. The number of hydrogen-bond donors (Lipinski definition) is 1. The Kier molecular flexibility index (Phi) is 8.22. The van der Waals surface area contributed by atoms with Gasteiger partial charge in [-0.2, -0.15) is 0 Å². The highest BCUT2D eigenvalue weighted by Crippen LogP contribution is 2.41. The summed E-state index contributed by atoms with van der Waals surface area (Å²) >= 11 is 1.33. The van der Waals surface area contributed by atoms with Gasteiger partial charge in [-0.1, -0.05) is 50.6 Å². The molecule has 0 saturated heterocycles. The quantitative estimate of drug-likeness (QED) is 0.360. The van der Waals surface area contributed by atoms with Gasteiger partial charge in [-0.3, -0.25) is 4.79 Å². The number of rotatable bonds is 8. The first-order valence-electron chi connectivity index (χ1n) is 11.5. The molecule has 0 saturated carbocycles. The SMILES string of the molecule is CCOc1ccc(-c2c(C)sc(NC(=O)COc3ccc(C)cc3C(C)(C)C)c2C(=O)OC)cc1. The van der Waals surface area contributed by atoms with Crippen LogP contribution < -0.4 is 14.8 Å². The lowest BCUT2D eigenvalue weighted by molar-refractivity contribution is -0.118. The Morgan fingerprint density at radius 2 is 1.69 bits per heavy atom. The zero-order valence-corrected chi connectivity index (χ0v) is 22.2. The number of carbonyl (C=O) groups is 2. The van der Waals surface area contributed by atoms with Crippen molar-refractivity contribution in [3.05, 3.63) is 64.0 Å². The molecule has 1 amide bonds. The molecule has 0 aliphatic heterocycles. The number of thiophene rings is 1. The molecule has 1 N–H and O–H groups in total. The molecule has 0 atom stereocenters. The molecule has 0 fully saturated rings. The fourth-order valence-electron chi connectivity index (χ4n) is 3.82. The Morgan fingerprint density at radius 3 is 2.29 bits per heavy atom. The second-order valence-electron chi connectivity index (χ2n) is 9.27. The van der Waals surface area contributed by atoms with Crippen molar-refractivity contribution in [1.82, 2.24) is 0 Å². The zero-order valence-electron chi connectivity index (χ0n) is 21.4. The van der Waals surface area contributed by atoms with Gasteiger partial charge in [0, 0.05) is 10.4 Å². The number of methoxy groups -OCH3 is 1. The minimum Gasteiger partial charge on any atom is -0.494 e. The number of carbonyl (C=O) groups excluding carboxylic acids is 2. The van der Waals surface area contributed by atoms with Crippen LogP contribution in [0.25, 0.3) is 11.1 Å². The van der Waals surface area contributed by atoms with Crippen LogP contribution in [0.15, 0.2) is 42.5 Å². The van der Waals surface area contributed by atoms with Crippen LogP contribution in [0.1, 0.15) is 54.1 Å². The molecule has 0 bridgehead atoms. The Hall–Kier alpha value is -3.32. The van der Waals surface area contributed by atoms with Crippen molar-refractivity contribution in [3.8, 4) is 22.6 Å². The fourth-order valence-corrected chi connectivity index (χ4v) is 4.90. The largest absolute Gasteiger partial charge is 0.494 e. The van der Waals surface area contributed by atoms with E-state index in [4.69, 9.17) is 14.2 Å². The maximum Gasteiger partial charge on any atom is 0.341 e. The van der Waals surface area contributed by atoms with Crippen molar-refractivity contribution < 1.29 is 23.8 Å². The number of nitrogens with one attached hydrogen (secondary N) is 1. The van der Waals surface area contributed by atoms with E-state index >= 15 is 0 Å². The molecule has 3 aromatic rings. The fraction of sp³-hybridized carbons (Fsp3) is 0.357. The summed E-state index contributed by atoms with van der Waals surface area (Å²) in [5.74, 6) is 0.558. The molecule has 186 valence electrons. The maximum absolute atomic E-state index is 12.9. The first-order valence-corrected chi connectivity index (χ1v) is 12.4. The third-order valence-corrected chi connectivity index (χ3v) is 6.50. The Labute approximate surface area is 211 Å². The predicted molar refractivity (Wildman–Crippen MR) is 141 cm³/mol. The molecule has 0 spiro atoms. The van der Waals surface area contributed by atoms with Crippen molar-refractivity contribution in [3.63, 3.8) is 0 Å². The number of hydrogen-bond acceptors (Lipinski definition) is 6. The average molecular weight is 496 g/mol. The number of aryl methyl sites for hydroxylation is 2. The molecule has 1 heterocycles. The van der Waals surface area contributed by atoms with E-state index in [1.54, 1.807) is 0 Å². The molecular weight excluding hydrogens is 462 g/mol. The standard InChI is InChI=1S/C28H33NO5S/c1-8-33-20-12-10-19(11-13-20)24-18(3)35-26(25(24)27(31)32-7)29-23(30)16-34-22-14-9-17(2)15-21(22)28(4,5)6/h9-15H,8,16H2,1-7H3,(H,29,30). The van der Waals surface area contributed by atoms with E-state index in [0.717, 1.165) is 32.9 Å². The van der Waals surface area contributed by atoms with E-state index in [9.17, 15) is 9.59 Å². The lowest BCUT2D eigenvalue weighted by Crippen LogP contribution is -2.22. The number of amides is 1. The molecule has 1 aromatic heterocycles. The summed E-state index contributed by atoms with van der Waals surface area (Å²) in [6.45, 7) is 12.6. The van der Waals surface area contributed by atoms with E-state index in [1.165, 1.54) is 18.4 Å². The van der Waals surface area contributed by atoms with Gasteiger partial charge in [-0.05, 0) is 55.5 Å². The smallest absolute Gasteiger partial charge is 0.341 e. The summed E-state index contributed by atoms with van der Waals surface area (Å²) < 4.78 is 16.5. The van der Waals surface area contributed by atoms with Gasteiger partial charge in [-0.25, -0.2) is 4.79 Å². The minimum atomic E-state index is -0.511. The molecule has 6 nitrogen and oxygen atoms in total. The van der Waals surface area contributed by atoms with Crippen molar-refractivity contribution in [2.24, 2.45) is 0 Å². The first-order chi connectivity index (χ1) is 16.5. The summed E-state index contributed by atoms with van der Waals surface area (Å²) in [5, 5.41) is 3.29. The number of benzene rings is 2. The summed E-state index contributed by atoms with van der Waals surface area (Å²) in [6, 6.07) is 13.4. The van der Waals surface area contributed by atoms with Crippen molar-refractivity contribution in [1.29, 1.82) is 0 Å². The Bertz CT molecular complexity index is 1210. The second-order valence-corrected chi connectivity index (χ2v) is 10.5. The molecule has 7 heteroatoms. The summed E-state index contributed by atoms with van der Waals surface area (Å²) in [7, 11) is 1.33. The van der Waals surface area contributed by atoms with E-state index in [-0.39, 0.29) is 17.9 Å². The average Bonchev–Trinajstić information content (AvgIpc) is 3.13. The van der Waals surface area contributed by atoms with Crippen LogP contribution in [-0.2, 0) is 14.9 Å². The van der Waals surface area contributed by atoms with Crippen LogP contribution in [0, 0.1) is 13.8 Å². The van der Waals surface area contributed by atoms with Crippen LogP contribution >= 0.6 is 11.3 Å². The first kappa shape index (κ1) is 26.3. The summed E-state index contributed by atoms with van der Waals surface area (Å²) in [6.07, 6.45) is 0. The lowest BCUT2D eigenvalue weighted by atomic mass is 9.85. The summed E-state index contributed by atoms with van der Waals surface area (Å²) in [4.78, 5) is 26.5. The highest BCUT2D eigenvalue weighted by Gasteiger charge is 2.26. The van der Waals surface area contributed by atoms with E-state index in [1.807, 2.05) is 57.2 Å². The Balaban J connectivity index is 1.85. The predicted octanol–water partition coefficient (Wildman–Crippen LogP) is 6.53.